The van der Waals surface area contributed by atoms with Gasteiger partial charge in [-0.3, -0.25) is 4.79 Å². The van der Waals surface area contributed by atoms with Gasteiger partial charge in [0.25, 0.3) is 0 Å². The van der Waals surface area contributed by atoms with E-state index in [1.165, 1.54) is 25.3 Å². The quantitative estimate of drug-likeness (QED) is 0.569. The van der Waals surface area contributed by atoms with Gasteiger partial charge in [-0.2, -0.15) is 5.10 Å². The van der Waals surface area contributed by atoms with E-state index in [0.29, 0.717) is 5.69 Å². The number of carbonyl (C=O) groups excluding carboxylic acids is 1. The summed E-state index contributed by atoms with van der Waals surface area (Å²) in [5.41, 5.74) is 1.35. The molecular formula is C21H24F2N2O2. The van der Waals surface area contributed by atoms with Crippen LogP contribution in [-0.2, 0) is 9.53 Å². The Kier molecular flexibility index (Phi) is 5.53. The Labute approximate surface area is 158 Å². The number of hydrogen-bond acceptors (Lipinski definition) is 4. The number of esters is 1. The Bertz CT molecular complexity index is 834. The highest BCUT2D eigenvalue weighted by atomic mass is 19.1. The summed E-state index contributed by atoms with van der Waals surface area (Å²) < 4.78 is 33.5. The standard InChI is InChI=1S/C21H24F2N2O2/c1-11(2)13-9-8-12(3)18(21(26)27-4)20-14(13)10-17(24-25-20)19-15(22)6-5-7-16(19)23/h5-7,10-13,18H,8-9H2,1-4H3/t12-,13+,18?/m0/s1. The average molecular weight is 374 g/mol. The number of benzene rings is 1. The third-order valence-electron chi connectivity index (χ3n) is 5.53. The minimum absolute atomic E-state index is 0.0466. The van der Waals surface area contributed by atoms with Crippen LogP contribution in [0.1, 0.15) is 56.7 Å². The van der Waals surface area contributed by atoms with E-state index in [2.05, 4.69) is 24.0 Å². The minimum Gasteiger partial charge on any atom is -0.468 e. The SMILES string of the molecule is COC(=O)C1c2nnc(-c3c(F)cccc3F)cc2[C@@H](C(C)C)CC[C@@H]1C. The number of ether oxygens (including phenoxy) is 1. The first-order valence-corrected chi connectivity index (χ1v) is 9.24. The highest BCUT2D eigenvalue weighted by molar-refractivity contribution is 5.79. The molecule has 0 saturated heterocycles. The lowest BCUT2D eigenvalue weighted by Gasteiger charge is -2.22. The van der Waals surface area contributed by atoms with Crippen LogP contribution in [-0.4, -0.2) is 23.3 Å². The van der Waals surface area contributed by atoms with Gasteiger partial charge in [0.05, 0.1) is 24.1 Å². The fraction of sp³-hybridized carbons (Fsp3) is 0.476. The van der Waals surface area contributed by atoms with Crippen molar-refractivity contribution < 1.29 is 18.3 Å². The number of hydrogen-bond donors (Lipinski definition) is 0. The molecule has 0 radical (unpaired) electrons. The highest BCUT2D eigenvalue weighted by Crippen LogP contribution is 2.43. The molecule has 27 heavy (non-hydrogen) atoms. The molecule has 1 aromatic heterocycles. The maximum absolute atomic E-state index is 14.2. The van der Waals surface area contributed by atoms with Crippen molar-refractivity contribution in [2.45, 2.75) is 45.4 Å². The first kappa shape index (κ1) is 19.4. The summed E-state index contributed by atoms with van der Waals surface area (Å²) in [5, 5.41) is 8.37. The van der Waals surface area contributed by atoms with E-state index < -0.39 is 17.6 Å². The highest BCUT2D eigenvalue weighted by Gasteiger charge is 2.37. The lowest BCUT2D eigenvalue weighted by Crippen LogP contribution is -2.23. The van der Waals surface area contributed by atoms with Gasteiger partial charge < -0.3 is 4.74 Å². The summed E-state index contributed by atoms with van der Waals surface area (Å²) in [5.74, 6) is -1.79. The smallest absolute Gasteiger partial charge is 0.315 e. The van der Waals surface area contributed by atoms with Gasteiger partial charge in [0.1, 0.15) is 17.6 Å². The molecule has 3 rings (SSSR count). The molecule has 3 atom stereocenters. The van der Waals surface area contributed by atoms with E-state index in [9.17, 15) is 13.6 Å². The molecule has 1 unspecified atom stereocenters. The maximum Gasteiger partial charge on any atom is 0.315 e. The summed E-state index contributed by atoms with van der Waals surface area (Å²) in [6, 6.07) is 5.41. The van der Waals surface area contributed by atoms with Crippen molar-refractivity contribution in [1.29, 1.82) is 0 Å². The predicted molar refractivity (Wildman–Crippen MR) is 98.1 cm³/mol. The van der Waals surface area contributed by atoms with Crippen LogP contribution in [0.5, 0.6) is 0 Å². The molecule has 0 aliphatic heterocycles. The Morgan fingerprint density at radius 1 is 1.19 bits per heavy atom. The topological polar surface area (TPSA) is 52.1 Å². The molecule has 4 nitrogen and oxygen atoms in total. The number of fused-ring (bicyclic) bond motifs is 1. The average Bonchev–Trinajstić information content (AvgIpc) is 2.76. The van der Waals surface area contributed by atoms with Crippen LogP contribution in [0, 0.1) is 23.5 Å². The molecule has 0 N–H and O–H groups in total. The van der Waals surface area contributed by atoms with Crippen molar-refractivity contribution in [3.8, 4) is 11.3 Å². The lowest BCUT2D eigenvalue weighted by molar-refractivity contribution is -0.143. The van der Waals surface area contributed by atoms with Crippen molar-refractivity contribution in [3.63, 3.8) is 0 Å². The molecule has 0 saturated carbocycles. The van der Waals surface area contributed by atoms with Gasteiger partial charge in [0, 0.05) is 0 Å². The van der Waals surface area contributed by atoms with Gasteiger partial charge in [-0.1, -0.05) is 26.8 Å². The third-order valence-corrected chi connectivity index (χ3v) is 5.53. The van der Waals surface area contributed by atoms with Gasteiger partial charge in [-0.05, 0) is 54.4 Å². The maximum atomic E-state index is 14.2. The summed E-state index contributed by atoms with van der Waals surface area (Å²) in [4.78, 5) is 12.4. The van der Waals surface area contributed by atoms with Crippen molar-refractivity contribution in [3.05, 3.63) is 47.2 Å². The second kappa shape index (κ2) is 7.71. The van der Waals surface area contributed by atoms with Crippen LogP contribution in [0.3, 0.4) is 0 Å². The molecule has 0 spiro atoms. The van der Waals surface area contributed by atoms with Gasteiger partial charge in [-0.25, -0.2) is 8.78 Å². The van der Waals surface area contributed by atoms with E-state index in [4.69, 9.17) is 4.74 Å². The number of aromatic nitrogens is 2. The fourth-order valence-corrected chi connectivity index (χ4v) is 4.02. The Morgan fingerprint density at radius 2 is 1.85 bits per heavy atom. The van der Waals surface area contributed by atoms with E-state index in [0.717, 1.165) is 18.4 Å². The molecule has 2 aromatic rings. The second-order valence-electron chi connectivity index (χ2n) is 7.57. The van der Waals surface area contributed by atoms with Crippen LogP contribution in [0.15, 0.2) is 24.3 Å². The first-order chi connectivity index (χ1) is 12.8. The molecule has 0 bridgehead atoms. The molecule has 144 valence electrons. The number of methoxy groups -OCH3 is 1. The second-order valence-corrected chi connectivity index (χ2v) is 7.57. The Morgan fingerprint density at radius 3 is 2.44 bits per heavy atom. The van der Waals surface area contributed by atoms with Crippen LogP contribution in [0.25, 0.3) is 11.3 Å². The molecule has 6 heteroatoms. The monoisotopic (exact) mass is 374 g/mol. The van der Waals surface area contributed by atoms with E-state index in [1.54, 1.807) is 6.07 Å². The zero-order valence-corrected chi connectivity index (χ0v) is 16.0. The molecule has 0 amide bonds. The summed E-state index contributed by atoms with van der Waals surface area (Å²) in [7, 11) is 1.36. The van der Waals surface area contributed by atoms with Crippen LogP contribution >= 0.6 is 0 Å². The van der Waals surface area contributed by atoms with E-state index >= 15 is 0 Å². The Hall–Kier alpha value is -2.37. The van der Waals surface area contributed by atoms with Crippen LogP contribution in [0.2, 0.25) is 0 Å². The largest absolute Gasteiger partial charge is 0.468 e. The zero-order valence-electron chi connectivity index (χ0n) is 16.0. The fourth-order valence-electron chi connectivity index (χ4n) is 4.02. The van der Waals surface area contributed by atoms with Crippen molar-refractivity contribution in [2.75, 3.05) is 7.11 Å². The molecule has 0 fully saturated rings. The van der Waals surface area contributed by atoms with Gasteiger partial charge in [0.2, 0.25) is 0 Å². The minimum atomic E-state index is -0.683. The molecule has 1 aliphatic carbocycles. The van der Waals surface area contributed by atoms with Crippen molar-refractivity contribution in [1.82, 2.24) is 10.2 Å². The van der Waals surface area contributed by atoms with E-state index in [1.807, 2.05) is 6.92 Å². The van der Waals surface area contributed by atoms with Gasteiger partial charge in [-0.15, -0.1) is 5.10 Å². The normalized spacial score (nSPS) is 22.3. The van der Waals surface area contributed by atoms with Crippen LogP contribution in [0.4, 0.5) is 8.78 Å². The van der Waals surface area contributed by atoms with Gasteiger partial charge in [0.15, 0.2) is 0 Å². The van der Waals surface area contributed by atoms with Crippen molar-refractivity contribution in [2.24, 2.45) is 11.8 Å². The number of halogens is 2. The lowest BCUT2D eigenvalue weighted by atomic mass is 9.84. The summed E-state index contributed by atoms with van der Waals surface area (Å²) >= 11 is 0. The third kappa shape index (κ3) is 3.57. The number of carbonyl (C=O) groups is 1. The molecule has 1 aromatic carbocycles. The summed E-state index contributed by atoms with van der Waals surface area (Å²) in [6.45, 7) is 6.20. The van der Waals surface area contributed by atoms with Crippen molar-refractivity contribution >= 4 is 5.97 Å². The molecule has 1 heterocycles. The van der Waals surface area contributed by atoms with E-state index in [-0.39, 0.29) is 35.0 Å². The number of nitrogens with zero attached hydrogens (tertiary/aromatic N) is 2. The molecule has 1 aliphatic rings. The summed E-state index contributed by atoms with van der Waals surface area (Å²) in [6.07, 6.45) is 1.70. The Balaban J connectivity index is 2.21. The zero-order chi connectivity index (χ0) is 19.7. The predicted octanol–water partition coefficient (Wildman–Crippen LogP) is 4.85. The number of rotatable bonds is 3. The molecular weight excluding hydrogens is 350 g/mol. The van der Waals surface area contributed by atoms with Gasteiger partial charge >= 0.3 is 5.97 Å². The first-order valence-electron chi connectivity index (χ1n) is 9.24. The van der Waals surface area contributed by atoms with Crippen LogP contribution < -0.4 is 0 Å².